The highest BCUT2D eigenvalue weighted by molar-refractivity contribution is 7.88. The summed E-state index contributed by atoms with van der Waals surface area (Å²) in [5.74, 6) is -0.388. The summed E-state index contributed by atoms with van der Waals surface area (Å²) in [5, 5.41) is 9.25. The number of amides is 2. The Morgan fingerprint density at radius 3 is 2.52 bits per heavy atom. The summed E-state index contributed by atoms with van der Waals surface area (Å²) in [6.07, 6.45) is 0.799. The number of carbonyl (C=O) groups excluding carboxylic acids is 2. The lowest BCUT2D eigenvalue weighted by Crippen LogP contribution is -2.41. The molecule has 10 heteroatoms. The van der Waals surface area contributed by atoms with E-state index in [2.05, 4.69) is 10.6 Å². The second-order valence-corrected chi connectivity index (χ2v) is 9.93. The fourth-order valence-electron chi connectivity index (χ4n) is 3.21. The Hall–Kier alpha value is -2.27. The molecule has 1 aromatic heterocycles. The van der Waals surface area contributed by atoms with E-state index in [1.165, 1.54) is 15.6 Å². The number of nitrogens with one attached hydrogen (secondary N) is 2. The highest BCUT2D eigenvalue weighted by atomic mass is 32.2. The number of rotatable bonds is 10. The zero-order valence-corrected chi connectivity index (χ0v) is 18.8. The van der Waals surface area contributed by atoms with Gasteiger partial charge in [-0.2, -0.15) is 15.6 Å². The molecule has 2 aromatic rings. The van der Waals surface area contributed by atoms with Crippen LogP contribution in [0.3, 0.4) is 0 Å². The molecule has 2 amide bonds. The van der Waals surface area contributed by atoms with Gasteiger partial charge in [-0.1, -0.05) is 24.3 Å². The minimum absolute atomic E-state index is 0.104. The van der Waals surface area contributed by atoms with E-state index < -0.39 is 10.0 Å². The van der Waals surface area contributed by atoms with Crippen LogP contribution < -0.4 is 10.6 Å². The first kappa shape index (κ1) is 23.4. The lowest BCUT2D eigenvalue weighted by Gasteiger charge is -2.26. The van der Waals surface area contributed by atoms with Crippen LogP contribution in [0.25, 0.3) is 0 Å². The molecule has 8 nitrogen and oxygen atoms in total. The number of ether oxygens (including phenoxy) is 1. The molecule has 0 spiro atoms. The maximum Gasteiger partial charge on any atom is 0.252 e. The van der Waals surface area contributed by atoms with Crippen LogP contribution in [0.4, 0.5) is 0 Å². The molecule has 0 unspecified atom stereocenters. The molecule has 0 bridgehead atoms. The van der Waals surface area contributed by atoms with Gasteiger partial charge in [0.2, 0.25) is 15.9 Å². The van der Waals surface area contributed by atoms with Crippen molar-refractivity contribution in [3.63, 3.8) is 0 Å². The first-order valence-electron chi connectivity index (χ1n) is 10.1. The van der Waals surface area contributed by atoms with E-state index in [1.807, 2.05) is 17.5 Å². The fourth-order valence-corrected chi connectivity index (χ4v) is 5.41. The van der Waals surface area contributed by atoms with Crippen molar-refractivity contribution < 1.29 is 22.7 Å². The van der Waals surface area contributed by atoms with E-state index in [9.17, 15) is 18.0 Å². The molecule has 1 aliphatic rings. The summed E-state index contributed by atoms with van der Waals surface area (Å²) in [4.78, 5) is 24.0. The molecule has 3 rings (SSSR count). The number of benzene rings is 1. The van der Waals surface area contributed by atoms with Crippen LogP contribution in [0.1, 0.15) is 34.3 Å². The van der Waals surface area contributed by atoms with Gasteiger partial charge in [-0.25, -0.2) is 8.42 Å². The lowest BCUT2D eigenvalue weighted by molar-refractivity contribution is -0.121. The van der Waals surface area contributed by atoms with E-state index in [0.29, 0.717) is 50.4 Å². The van der Waals surface area contributed by atoms with Crippen LogP contribution in [0.2, 0.25) is 0 Å². The third-order valence-corrected chi connectivity index (χ3v) is 7.46. The smallest absolute Gasteiger partial charge is 0.252 e. The van der Waals surface area contributed by atoms with Gasteiger partial charge in [-0.15, -0.1) is 0 Å². The Bertz CT molecular complexity index is 971. The van der Waals surface area contributed by atoms with Gasteiger partial charge >= 0.3 is 0 Å². The minimum Gasteiger partial charge on any atom is -0.379 e. The number of hydrogen-bond donors (Lipinski definition) is 2. The van der Waals surface area contributed by atoms with Gasteiger partial charge in [0.1, 0.15) is 0 Å². The van der Waals surface area contributed by atoms with Crippen molar-refractivity contribution in [2.75, 3.05) is 32.8 Å². The van der Waals surface area contributed by atoms with Crippen molar-refractivity contribution in [2.45, 2.75) is 25.1 Å². The maximum atomic E-state index is 12.7. The second-order valence-electron chi connectivity index (χ2n) is 7.18. The van der Waals surface area contributed by atoms with Crippen molar-refractivity contribution in [1.82, 2.24) is 14.9 Å². The van der Waals surface area contributed by atoms with Gasteiger partial charge in [0.15, 0.2) is 0 Å². The standard InChI is InChI=1S/C21H27N3O5S2/c25-20(6-3-8-22-21(26)18-7-13-30-15-18)23-14-17-4-1-2-5-19(17)16-31(27,28)24-9-11-29-12-10-24/h1-2,4-5,7,13,15H,3,6,8-12,14,16H2,(H,22,26)(H,23,25). The number of nitrogens with zero attached hydrogens (tertiary/aromatic N) is 1. The van der Waals surface area contributed by atoms with Crippen molar-refractivity contribution in [2.24, 2.45) is 0 Å². The normalized spacial score (nSPS) is 14.8. The zero-order chi connectivity index (χ0) is 22.1. The Labute approximate surface area is 186 Å². The molecule has 0 radical (unpaired) electrons. The quantitative estimate of drug-likeness (QED) is 0.520. The summed E-state index contributed by atoms with van der Waals surface area (Å²) >= 11 is 1.46. The molecule has 2 N–H and O–H groups in total. The predicted molar refractivity (Wildman–Crippen MR) is 119 cm³/mol. The molecular weight excluding hydrogens is 438 g/mol. The molecule has 0 aliphatic carbocycles. The van der Waals surface area contributed by atoms with Gasteiger partial charge in [-0.3, -0.25) is 9.59 Å². The maximum absolute atomic E-state index is 12.7. The summed E-state index contributed by atoms with van der Waals surface area (Å²) < 4.78 is 32.1. The predicted octanol–water partition coefficient (Wildman–Crippen LogP) is 1.74. The SMILES string of the molecule is O=C(CCCNC(=O)c1ccsc1)NCc1ccccc1CS(=O)(=O)N1CCOCC1. The van der Waals surface area contributed by atoms with Crippen LogP contribution in [-0.4, -0.2) is 57.4 Å². The molecule has 31 heavy (non-hydrogen) atoms. The van der Waals surface area contributed by atoms with Crippen molar-refractivity contribution in [3.05, 3.63) is 57.8 Å². The zero-order valence-electron chi connectivity index (χ0n) is 17.2. The Balaban J connectivity index is 1.44. The van der Waals surface area contributed by atoms with Crippen molar-refractivity contribution in [3.8, 4) is 0 Å². The minimum atomic E-state index is -3.44. The monoisotopic (exact) mass is 465 g/mol. The van der Waals surface area contributed by atoms with Gasteiger partial charge in [0.25, 0.3) is 5.91 Å². The first-order valence-corrected chi connectivity index (χ1v) is 12.7. The topological polar surface area (TPSA) is 105 Å². The molecular formula is C21H27N3O5S2. The van der Waals surface area contributed by atoms with Gasteiger partial charge in [0, 0.05) is 43.5 Å². The van der Waals surface area contributed by atoms with E-state index in [4.69, 9.17) is 4.74 Å². The van der Waals surface area contributed by atoms with Crippen LogP contribution in [-0.2, 0) is 31.9 Å². The third kappa shape index (κ3) is 7.13. The number of carbonyl (C=O) groups is 2. The number of hydrogen-bond acceptors (Lipinski definition) is 6. The Morgan fingerprint density at radius 1 is 1.06 bits per heavy atom. The molecule has 168 valence electrons. The Morgan fingerprint density at radius 2 is 1.81 bits per heavy atom. The van der Waals surface area contributed by atoms with Crippen LogP contribution in [0.15, 0.2) is 41.1 Å². The molecule has 0 atom stereocenters. The number of morpholine rings is 1. The average molecular weight is 466 g/mol. The van der Waals surface area contributed by atoms with Crippen LogP contribution in [0, 0.1) is 0 Å². The second kappa shape index (κ2) is 11.4. The average Bonchev–Trinajstić information content (AvgIpc) is 3.31. The molecule has 1 saturated heterocycles. The summed E-state index contributed by atoms with van der Waals surface area (Å²) in [6, 6.07) is 8.98. The highest BCUT2D eigenvalue weighted by Crippen LogP contribution is 2.16. The van der Waals surface area contributed by atoms with Crippen LogP contribution >= 0.6 is 11.3 Å². The summed E-state index contributed by atoms with van der Waals surface area (Å²) in [7, 11) is -3.44. The first-order chi connectivity index (χ1) is 15.0. The highest BCUT2D eigenvalue weighted by Gasteiger charge is 2.25. The lowest BCUT2D eigenvalue weighted by atomic mass is 10.1. The third-order valence-electron chi connectivity index (χ3n) is 4.95. The van der Waals surface area contributed by atoms with Crippen molar-refractivity contribution >= 4 is 33.2 Å². The molecule has 1 fully saturated rings. The van der Waals surface area contributed by atoms with E-state index in [-0.39, 0.29) is 30.5 Å². The molecule has 1 aliphatic heterocycles. The van der Waals surface area contributed by atoms with Gasteiger partial charge in [0.05, 0.1) is 19.0 Å². The molecule has 0 saturated carbocycles. The van der Waals surface area contributed by atoms with Crippen molar-refractivity contribution in [1.29, 1.82) is 0 Å². The fraction of sp³-hybridized carbons (Fsp3) is 0.429. The molecule has 2 heterocycles. The summed E-state index contributed by atoms with van der Waals surface area (Å²) in [6.45, 7) is 2.22. The van der Waals surface area contributed by atoms with E-state index in [1.54, 1.807) is 23.6 Å². The van der Waals surface area contributed by atoms with Gasteiger partial charge < -0.3 is 15.4 Å². The number of thiophene rings is 1. The molecule has 1 aromatic carbocycles. The summed E-state index contributed by atoms with van der Waals surface area (Å²) in [5.41, 5.74) is 2.08. The Kier molecular flexibility index (Phi) is 8.59. The number of sulfonamides is 1. The van der Waals surface area contributed by atoms with E-state index in [0.717, 1.165) is 5.56 Å². The van der Waals surface area contributed by atoms with Crippen LogP contribution in [0.5, 0.6) is 0 Å². The van der Waals surface area contributed by atoms with E-state index >= 15 is 0 Å². The largest absolute Gasteiger partial charge is 0.379 e. The van der Waals surface area contributed by atoms with Gasteiger partial charge in [-0.05, 0) is 29.0 Å².